The summed E-state index contributed by atoms with van der Waals surface area (Å²) in [5, 5.41) is 4.97. The Morgan fingerprint density at radius 2 is 2.21 bits per heavy atom. The second kappa shape index (κ2) is 4.56. The van der Waals surface area contributed by atoms with Crippen LogP contribution in [0.25, 0.3) is 10.9 Å². The summed E-state index contributed by atoms with van der Waals surface area (Å²) in [6.45, 7) is 2.81. The van der Waals surface area contributed by atoms with E-state index >= 15 is 0 Å². The first kappa shape index (κ1) is 11.5. The van der Waals surface area contributed by atoms with Crippen LogP contribution in [0.5, 0.6) is 11.6 Å². The first-order chi connectivity index (χ1) is 9.26. The molecular weight excluding hydrogens is 242 g/mol. The highest BCUT2D eigenvalue weighted by atomic mass is 16.5. The van der Waals surface area contributed by atoms with Gasteiger partial charge >= 0.3 is 0 Å². The molecule has 6 nitrogen and oxygen atoms in total. The maximum absolute atomic E-state index is 5.74. The molecule has 2 heterocycles. The Kier molecular flexibility index (Phi) is 2.75. The predicted molar refractivity (Wildman–Crippen MR) is 71.9 cm³/mol. The zero-order valence-corrected chi connectivity index (χ0v) is 10.4. The molecule has 0 atom stereocenters. The molecule has 96 valence electrons. The molecule has 0 spiro atoms. The SMILES string of the molecule is CCn1cc(Oc2ncnc3cc(N)ccc23)cn1. The fourth-order valence-electron chi connectivity index (χ4n) is 1.81. The van der Waals surface area contributed by atoms with Gasteiger partial charge in [-0.2, -0.15) is 5.10 Å². The molecule has 1 aromatic carbocycles. The normalized spacial score (nSPS) is 10.8. The van der Waals surface area contributed by atoms with E-state index in [1.54, 1.807) is 23.0 Å². The standard InChI is InChI=1S/C13H13N5O/c1-2-18-7-10(6-17-18)19-13-11-4-3-9(14)5-12(11)15-8-16-13/h3-8H,2,14H2,1H3. The molecule has 0 saturated heterocycles. The summed E-state index contributed by atoms with van der Waals surface area (Å²) >= 11 is 0. The molecule has 3 aromatic rings. The summed E-state index contributed by atoms with van der Waals surface area (Å²) in [5.41, 5.74) is 7.15. The van der Waals surface area contributed by atoms with Crippen LogP contribution in [0.3, 0.4) is 0 Å². The van der Waals surface area contributed by atoms with Crippen molar-refractivity contribution in [3.05, 3.63) is 36.9 Å². The molecule has 0 bridgehead atoms. The van der Waals surface area contributed by atoms with Crippen LogP contribution in [0.1, 0.15) is 6.92 Å². The number of hydrogen-bond donors (Lipinski definition) is 1. The van der Waals surface area contributed by atoms with Crippen molar-refractivity contribution in [1.82, 2.24) is 19.7 Å². The van der Waals surface area contributed by atoms with E-state index in [-0.39, 0.29) is 0 Å². The highest BCUT2D eigenvalue weighted by molar-refractivity contribution is 5.85. The Bertz CT molecular complexity index is 722. The van der Waals surface area contributed by atoms with Gasteiger partial charge in [-0.15, -0.1) is 0 Å². The van der Waals surface area contributed by atoms with Gasteiger partial charge in [-0.1, -0.05) is 0 Å². The maximum Gasteiger partial charge on any atom is 0.230 e. The molecule has 19 heavy (non-hydrogen) atoms. The number of nitrogens with two attached hydrogens (primary N) is 1. The van der Waals surface area contributed by atoms with Gasteiger partial charge in [0.1, 0.15) is 6.33 Å². The third-order valence-corrected chi connectivity index (χ3v) is 2.77. The summed E-state index contributed by atoms with van der Waals surface area (Å²) in [6.07, 6.45) is 4.95. The van der Waals surface area contributed by atoms with Gasteiger partial charge in [0.25, 0.3) is 0 Å². The van der Waals surface area contributed by atoms with Crippen molar-refractivity contribution < 1.29 is 4.74 Å². The summed E-state index contributed by atoms with van der Waals surface area (Å²) in [7, 11) is 0. The van der Waals surface area contributed by atoms with Crippen LogP contribution in [0.2, 0.25) is 0 Å². The van der Waals surface area contributed by atoms with Gasteiger partial charge in [-0.25, -0.2) is 9.97 Å². The van der Waals surface area contributed by atoms with Crippen LogP contribution >= 0.6 is 0 Å². The lowest BCUT2D eigenvalue weighted by Gasteiger charge is -2.05. The molecule has 0 amide bonds. The van der Waals surface area contributed by atoms with Crippen LogP contribution in [-0.2, 0) is 6.54 Å². The van der Waals surface area contributed by atoms with Gasteiger partial charge in [-0.05, 0) is 25.1 Å². The minimum absolute atomic E-state index is 0.501. The first-order valence-electron chi connectivity index (χ1n) is 5.97. The van der Waals surface area contributed by atoms with Crippen molar-refractivity contribution in [2.75, 3.05) is 5.73 Å². The molecule has 0 aliphatic carbocycles. The number of nitrogen functional groups attached to an aromatic ring is 1. The Balaban J connectivity index is 2.00. The quantitative estimate of drug-likeness (QED) is 0.726. The van der Waals surface area contributed by atoms with Crippen LogP contribution in [0.15, 0.2) is 36.9 Å². The van der Waals surface area contributed by atoms with E-state index in [9.17, 15) is 0 Å². The van der Waals surface area contributed by atoms with Gasteiger partial charge in [0.15, 0.2) is 5.75 Å². The van der Waals surface area contributed by atoms with Crippen LogP contribution in [0, 0.1) is 0 Å². The number of anilines is 1. The lowest BCUT2D eigenvalue weighted by Crippen LogP contribution is -1.93. The number of benzene rings is 1. The fraction of sp³-hybridized carbons (Fsp3) is 0.154. The average Bonchev–Trinajstić information content (AvgIpc) is 2.86. The second-order valence-corrected chi connectivity index (χ2v) is 4.09. The number of rotatable bonds is 3. The Labute approximate surface area is 109 Å². The minimum Gasteiger partial charge on any atom is -0.435 e. The monoisotopic (exact) mass is 255 g/mol. The van der Waals surface area contributed by atoms with Gasteiger partial charge in [0, 0.05) is 12.2 Å². The molecule has 0 unspecified atom stereocenters. The van der Waals surface area contributed by atoms with Crippen molar-refractivity contribution >= 4 is 16.6 Å². The molecule has 2 aromatic heterocycles. The number of fused-ring (bicyclic) bond motifs is 1. The van der Waals surface area contributed by atoms with Gasteiger partial charge in [-0.3, -0.25) is 4.68 Å². The summed E-state index contributed by atoms with van der Waals surface area (Å²) in [6, 6.07) is 5.44. The maximum atomic E-state index is 5.74. The van der Waals surface area contributed by atoms with Crippen molar-refractivity contribution in [2.24, 2.45) is 0 Å². The number of aromatic nitrogens is 4. The summed E-state index contributed by atoms with van der Waals surface area (Å²) < 4.78 is 7.53. The molecule has 3 rings (SSSR count). The topological polar surface area (TPSA) is 78.8 Å². The van der Waals surface area contributed by atoms with Crippen molar-refractivity contribution in [3.8, 4) is 11.6 Å². The Morgan fingerprint density at radius 1 is 1.32 bits per heavy atom. The second-order valence-electron chi connectivity index (χ2n) is 4.09. The highest BCUT2D eigenvalue weighted by Crippen LogP contribution is 2.27. The van der Waals surface area contributed by atoms with E-state index in [0.717, 1.165) is 17.4 Å². The molecule has 6 heteroatoms. The number of ether oxygens (including phenoxy) is 1. The van der Waals surface area contributed by atoms with E-state index in [0.29, 0.717) is 17.3 Å². The molecule has 0 aliphatic heterocycles. The van der Waals surface area contributed by atoms with E-state index in [1.165, 1.54) is 6.33 Å². The molecular formula is C13H13N5O. The smallest absolute Gasteiger partial charge is 0.230 e. The Hall–Kier alpha value is -2.63. The zero-order chi connectivity index (χ0) is 13.2. The van der Waals surface area contributed by atoms with Crippen LogP contribution in [-0.4, -0.2) is 19.7 Å². The number of hydrogen-bond acceptors (Lipinski definition) is 5. The predicted octanol–water partition coefficient (Wildman–Crippen LogP) is 2.22. The molecule has 0 aliphatic rings. The first-order valence-corrected chi connectivity index (χ1v) is 5.97. The van der Waals surface area contributed by atoms with E-state index in [1.807, 2.05) is 19.2 Å². The lowest BCUT2D eigenvalue weighted by molar-refractivity contribution is 0.467. The largest absolute Gasteiger partial charge is 0.435 e. The minimum atomic E-state index is 0.501. The molecule has 2 N–H and O–H groups in total. The summed E-state index contributed by atoms with van der Waals surface area (Å²) in [5.74, 6) is 1.15. The summed E-state index contributed by atoms with van der Waals surface area (Å²) in [4.78, 5) is 8.33. The van der Waals surface area contributed by atoms with Crippen LogP contribution < -0.4 is 10.5 Å². The molecule has 0 fully saturated rings. The van der Waals surface area contributed by atoms with E-state index < -0.39 is 0 Å². The number of aryl methyl sites for hydroxylation is 1. The lowest BCUT2D eigenvalue weighted by atomic mass is 10.2. The van der Waals surface area contributed by atoms with Gasteiger partial charge in [0.2, 0.25) is 5.88 Å². The third kappa shape index (κ3) is 2.20. The highest BCUT2D eigenvalue weighted by Gasteiger charge is 2.07. The average molecular weight is 255 g/mol. The Morgan fingerprint density at radius 3 is 3.00 bits per heavy atom. The van der Waals surface area contributed by atoms with Crippen LogP contribution in [0.4, 0.5) is 5.69 Å². The van der Waals surface area contributed by atoms with Crippen molar-refractivity contribution in [2.45, 2.75) is 13.5 Å². The van der Waals surface area contributed by atoms with Crippen molar-refractivity contribution in [3.63, 3.8) is 0 Å². The van der Waals surface area contributed by atoms with Gasteiger partial charge < -0.3 is 10.5 Å². The molecule has 0 saturated carbocycles. The molecule has 0 radical (unpaired) electrons. The number of nitrogens with zero attached hydrogens (tertiary/aromatic N) is 4. The fourth-order valence-corrected chi connectivity index (χ4v) is 1.81. The van der Waals surface area contributed by atoms with Gasteiger partial charge in [0.05, 0.1) is 23.3 Å². The van der Waals surface area contributed by atoms with E-state index in [2.05, 4.69) is 15.1 Å². The van der Waals surface area contributed by atoms with E-state index in [4.69, 9.17) is 10.5 Å². The third-order valence-electron chi connectivity index (χ3n) is 2.77. The van der Waals surface area contributed by atoms with Crippen molar-refractivity contribution in [1.29, 1.82) is 0 Å². The zero-order valence-electron chi connectivity index (χ0n) is 10.4.